The van der Waals surface area contributed by atoms with Crippen molar-refractivity contribution in [2.24, 2.45) is 0 Å². The van der Waals surface area contributed by atoms with Crippen LogP contribution in [0.5, 0.6) is 0 Å². The SMILES string of the molecule is Sc1ccc(-c2ccccc2)cc1Cl. The van der Waals surface area contributed by atoms with Crippen LogP contribution < -0.4 is 0 Å². The number of benzene rings is 2. The van der Waals surface area contributed by atoms with E-state index in [4.69, 9.17) is 11.6 Å². The molecule has 0 nitrogen and oxygen atoms in total. The first-order valence-corrected chi connectivity index (χ1v) is 5.14. The molecule has 0 amide bonds. The molecular weight excluding hydrogens is 212 g/mol. The van der Waals surface area contributed by atoms with Gasteiger partial charge in [-0.25, -0.2) is 0 Å². The lowest BCUT2D eigenvalue weighted by Gasteiger charge is -2.03. The van der Waals surface area contributed by atoms with E-state index in [1.807, 2.05) is 36.4 Å². The van der Waals surface area contributed by atoms with Gasteiger partial charge in [0.15, 0.2) is 0 Å². The van der Waals surface area contributed by atoms with Crippen molar-refractivity contribution in [2.45, 2.75) is 4.90 Å². The van der Waals surface area contributed by atoms with Crippen molar-refractivity contribution < 1.29 is 0 Å². The molecule has 0 bridgehead atoms. The molecule has 0 aliphatic rings. The normalized spacial score (nSPS) is 10.1. The second kappa shape index (κ2) is 4.07. The van der Waals surface area contributed by atoms with E-state index in [-0.39, 0.29) is 0 Å². The Morgan fingerprint density at radius 1 is 0.857 bits per heavy atom. The number of hydrogen-bond acceptors (Lipinski definition) is 1. The Bertz CT molecular complexity index is 437. The van der Waals surface area contributed by atoms with Gasteiger partial charge in [0.25, 0.3) is 0 Å². The average Bonchev–Trinajstić information content (AvgIpc) is 2.23. The molecule has 0 N–H and O–H groups in total. The molecule has 0 spiro atoms. The van der Waals surface area contributed by atoms with Crippen molar-refractivity contribution in [3.8, 4) is 11.1 Å². The third kappa shape index (κ3) is 1.94. The summed E-state index contributed by atoms with van der Waals surface area (Å²) >= 11 is 10.2. The molecule has 0 atom stereocenters. The van der Waals surface area contributed by atoms with Crippen molar-refractivity contribution in [3.63, 3.8) is 0 Å². The summed E-state index contributed by atoms with van der Waals surface area (Å²) in [5, 5.41) is 0.690. The Kier molecular flexibility index (Phi) is 2.80. The zero-order valence-corrected chi connectivity index (χ0v) is 9.09. The first kappa shape index (κ1) is 9.63. The highest BCUT2D eigenvalue weighted by atomic mass is 35.5. The van der Waals surface area contributed by atoms with E-state index in [2.05, 4.69) is 24.8 Å². The van der Waals surface area contributed by atoms with Crippen LogP contribution in [0.15, 0.2) is 53.4 Å². The highest BCUT2D eigenvalue weighted by Gasteiger charge is 1.99. The standard InChI is InChI=1S/C12H9ClS/c13-11-8-10(6-7-12(11)14)9-4-2-1-3-5-9/h1-8,14H. The molecule has 0 saturated heterocycles. The van der Waals surface area contributed by atoms with Crippen molar-refractivity contribution in [3.05, 3.63) is 53.6 Å². The molecule has 2 aromatic carbocycles. The molecule has 0 aromatic heterocycles. The smallest absolute Gasteiger partial charge is 0.0545 e. The van der Waals surface area contributed by atoms with Crippen molar-refractivity contribution in [2.75, 3.05) is 0 Å². The van der Waals surface area contributed by atoms with Gasteiger partial charge in [0.2, 0.25) is 0 Å². The molecule has 0 saturated carbocycles. The summed E-state index contributed by atoms with van der Waals surface area (Å²) in [5.41, 5.74) is 2.29. The maximum absolute atomic E-state index is 5.99. The van der Waals surface area contributed by atoms with Crippen LogP contribution in [0.25, 0.3) is 11.1 Å². The maximum Gasteiger partial charge on any atom is 0.0545 e. The van der Waals surface area contributed by atoms with Crippen LogP contribution in [0.3, 0.4) is 0 Å². The predicted molar refractivity (Wildman–Crippen MR) is 64.1 cm³/mol. The number of hydrogen-bond donors (Lipinski definition) is 1. The first-order valence-electron chi connectivity index (χ1n) is 4.31. The Morgan fingerprint density at radius 3 is 2.21 bits per heavy atom. The van der Waals surface area contributed by atoms with Gasteiger partial charge in [0.1, 0.15) is 0 Å². The third-order valence-corrected chi connectivity index (χ3v) is 2.89. The first-order chi connectivity index (χ1) is 6.77. The predicted octanol–water partition coefficient (Wildman–Crippen LogP) is 4.30. The summed E-state index contributed by atoms with van der Waals surface area (Å²) in [6.45, 7) is 0. The van der Waals surface area contributed by atoms with E-state index < -0.39 is 0 Å². The van der Waals surface area contributed by atoms with Crippen LogP contribution >= 0.6 is 24.2 Å². The molecule has 2 aromatic rings. The van der Waals surface area contributed by atoms with Crippen LogP contribution in [0.2, 0.25) is 5.02 Å². The van der Waals surface area contributed by atoms with Gasteiger partial charge in [-0.3, -0.25) is 0 Å². The second-order valence-electron chi connectivity index (χ2n) is 3.03. The fraction of sp³-hybridized carbons (Fsp3) is 0. The highest BCUT2D eigenvalue weighted by Crippen LogP contribution is 2.27. The van der Waals surface area contributed by atoms with Gasteiger partial charge in [-0.2, -0.15) is 0 Å². The quantitative estimate of drug-likeness (QED) is 0.681. The second-order valence-corrected chi connectivity index (χ2v) is 3.92. The van der Waals surface area contributed by atoms with Crippen LogP contribution in [0, 0.1) is 0 Å². The van der Waals surface area contributed by atoms with Crippen LogP contribution in [-0.2, 0) is 0 Å². The summed E-state index contributed by atoms with van der Waals surface area (Å²) < 4.78 is 0. The fourth-order valence-corrected chi connectivity index (χ4v) is 1.64. The van der Waals surface area contributed by atoms with Crippen molar-refractivity contribution >= 4 is 24.2 Å². The molecule has 2 heteroatoms. The van der Waals surface area contributed by atoms with Gasteiger partial charge in [0, 0.05) is 4.90 Å². The Balaban J connectivity index is 2.48. The van der Waals surface area contributed by atoms with Gasteiger partial charge >= 0.3 is 0 Å². The molecule has 0 fully saturated rings. The fourth-order valence-electron chi connectivity index (χ4n) is 1.32. The Labute approximate surface area is 93.9 Å². The minimum absolute atomic E-state index is 0.690. The van der Waals surface area contributed by atoms with Gasteiger partial charge in [-0.1, -0.05) is 48.0 Å². The number of rotatable bonds is 1. The van der Waals surface area contributed by atoms with E-state index in [0.717, 1.165) is 10.5 Å². The van der Waals surface area contributed by atoms with Crippen LogP contribution in [-0.4, -0.2) is 0 Å². The van der Waals surface area contributed by atoms with E-state index in [1.54, 1.807) is 0 Å². The molecule has 70 valence electrons. The summed E-state index contributed by atoms with van der Waals surface area (Å²) in [5.74, 6) is 0. The van der Waals surface area contributed by atoms with Gasteiger partial charge in [-0.15, -0.1) is 12.6 Å². The van der Waals surface area contributed by atoms with E-state index in [0.29, 0.717) is 5.02 Å². The Hall–Kier alpha value is -0.920. The number of thiol groups is 1. The van der Waals surface area contributed by atoms with Crippen LogP contribution in [0.1, 0.15) is 0 Å². The zero-order chi connectivity index (χ0) is 9.97. The summed E-state index contributed by atoms with van der Waals surface area (Å²) in [4.78, 5) is 0.811. The minimum Gasteiger partial charge on any atom is -0.142 e. The lowest BCUT2D eigenvalue weighted by molar-refractivity contribution is 1.47. The van der Waals surface area contributed by atoms with Crippen molar-refractivity contribution in [1.29, 1.82) is 0 Å². The lowest BCUT2D eigenvalue weighted by Crippen LogP contribution is -1.77. The molecular formula is C12H9ClS. The molecule has 2 rings (SSSR count). The van der Waals surface area contributed by atoms with Crippen LogP contribution in [0.4, 0.5) is 0 Å². The topological polar surface area (TPSA) is 0 Å². The van der Waals surface area contributed by atoms with Crippen molar-refractivity contribution in [1.82, 2.24) is 0 Å². The zero-order valence-electron chi connectivity index (χ0n) is 7.44. The van der Waals surface area contributed by atoms with E-state index in [1.165, 1.54) is 5.56 Å². The highest BCUT2D eigenvalue weighted by molar-refractivity contribution is 7.80. The largest absolute Gasteiger partial charge is 0.142 e. The lowest BCUT2D eigenvalue weighted by atomic mass is 10.1. The minimum atomic E-state index is 0.690. The average molecular weight is 221 g/mol. The molecule has 0 aliphatic heterocycles. The molecule has 0 aliphatic carbocycles. The van der Waals surface area contributed by atoms with Gasteiger partial charge in [0.05, 0.1) is 5.02 Å². The summed E-state index contributed by atoms with van der Waals surface area (Å²) in [6, 6.07) is 16.0. The molecule has 0 radical (unpaired) electrons. The van der Waals surface area contributed by atoms with E-state index in [9.17, 15) is 0 Å². The molecule has 0 unspecified atom stereocenters. The van der Waals surface area contributed by atoms with Gasteiger partial charge < -0.3 is 0 Å². The summed E-state index contributed by atoms with van der Waals surface area (Å²) in [7, 11) is 0. The molecule has 0 heterocycles. The maximum atomic E-state index is 5.99. The molecule has 14 heavy (non-hydrogen) atoms. The van der Waals surface area contributed by atoms with Gasteiger partial charge in [-0.05, 0) is 23.3 Å². The number of halogens is 1. The summed E-state index contributed by atoms with van der Waals surface area (Å²) in [6.07, 6.45) is 0. The Morgan fingerprint density at radius 2 is 1.57 bits per heavy atom. The third-order valence-electron chi connectivity index (χ3n) is 2.05. The monoisotopic (exact) mass is 220 g/mol. The van der Waals surface area contributed by atoms with E-state index >= 15 is 0 Å².